The fraction of sp³-hybridized carbons (Fsp3) is 1.00. The molecule has 0 saturated heterocycles. The highest BCUT2D eigenvalue weighted by atomic mass is 16.3. The lowest BCUT2D eigenvalue weighted by molar-refractivity contribution is 0.0657. The Labute approximate surface area is 92.1 Å². The van der Waals surface area contributed by atoms with Crippen molar-refractivity contribution in [1.82, 2.24) is 4.90 Å². The fourth-order valence-electron chi connectivity index (χ4n) is 2.88. The van der Waals surface area contributed by atoms with Gasteiger partial charge in [-0.25, -0.2) is 0 Å². The van der Waals surface area contributed by atoms with Crippen molar-refractivity contribution in [3.05, 3.63) is 0 Å². The first-order chi connectivity index (χ1) is 7.29. The molecule has 0 atom stereocenters. The minimum atomic E-state index is 0.151. The molecule has 0 aliphatic heterocycles. The number of aliphatic hydroxyl groups excluding tert-OH is 2. The molecule has 2 aliphatic carbocycles. The largest absolute Gasteiger partial charge is 0.396 e. The fourth-order valence-corrected chi connectivity index (χ4v) is 2.88. The van der Waals surface area contributed by atoms with Crippen LogP contribution in [-0.4, -0.2) is 47.5 Å². The maximum atomic E-state index is 9.55. The minimum absolute atomic E-state index is 0.151. The molecule has 0 aromatic rings. The van der Waals surface area contributed by atoms with Crippen molar-refractivity contribution in [2.75, 3.05) is 26.3 Å². The van der Waals surface area contributed by atoms with Gasteiger partial charge in [0.2, 0.25) is 0 Å². The second-order valence-electron chi connectivity index (χ2n) is 5.29. The summed E-state index contributed by atoms with van der Waals surface area (Å²) in [6.07, 6.45) is 7.41. The topological polar surface area (TPSA) is 43.7 Å². The summed E-state index contributed by atoms with van der Waals surface area (Å²) in [6.45, 7) is 2.35. The van der Waals surface area contributed by atoms with Crippen molar-refractivity contribution in [2.24, 2.45) is 5.41 Å². The van der Waals surface area contributed by atoms with Gasteiger partial charge in [0.15, 0.2) is 0 Å². The van der Waals surface area contributed by atoms with E-state index in [0.717, 1.165) is 25.9 Å². The van der Waals surface area contributed by atoms with Crippen molar-refractivity contribution >= 4 is 0 Å². The Morgan fingerprint density at radius 3 is 2.27 bits per heavy atom. The Balaban J connectivity index is 1.90. The van der Waals surface area contributed by atoms with Crippen LogP contribution in [0.15, 0.2) is 0 Å². The van der Waals surface area contributed by atoms with Gasteiger partial charge in [-0.15, -0.1) is 0 Å². The van der Waals surface area contributed by atoms with E-state index in [1.165, 1.54) is 25.7 Å². The summed E-state index contributed by atoms with van der Waals surface area (Å²) < 4.78 is 0. The molecule has 2 aliphatic rings. The molecule has 3 nitrogen and oxygen atoms in total. The molecule has 0 aromatic heterocycles. The van der Waals surface area contributed by atoms with Crippen LogP contribution in [0.2, 0.25) is 0 Å². The molecule has 0 heterocycles. The van der Waals surface area contributed by atoms with Gasteiger partial charge in [-0.2, -0.15) is 0 Å². The zero-order valence-electron chi connectivity index (χ0n) is 9.49. The van der Waals surface area contributed by atoms with Crippen molar-refractivity contribution < 1.29 is 10.2 Å². The molecular weight excluding hydrogens is 190 g/mol. The number of hydrogen-bond donors (Lipinski definition) is 2. The molecule has 0 amide bonds. The molecule has 2 rings (SSSR count). The van der Waals surface area contributed by atoms with Crippen LogP contribution in [0.25, 0.3) is 0 Å². The van der Waals surface area contributed by atoms with Crippen LogP contribution in [0.1, 0.15) is 38.5 Å². The maximum absolute atomic E-state index is 9.55. The molecule has 0 unspecified atom stereocenters. The first-order valence-electron chi connectivity index (χ1n) is 6.25. The Kier molecular flexibility index (Phi) is 3.65. The van der Waals surface area contributed by atoms with Crippen LogP contribution in [0.5, 0.6) is 0 Å². The maximum Gasteiger partial charge on any atom is 0.0558 e. The van der Waals surface area contributed by atoms with E-state index in [-0.39, 0.29) is 12.0 Å². The van der Waals surface area contributed by atoms with E-state index in [0.29, 0.717) is 12.6 Å². The minimum Gasteiger partial charge on any atom is -0.396 e. The Morgan fingerprint density at radius 1 is 1.13 bits per heavy atom. The standard InChI is InChI=1S/C12H23NO2/c14-8-7-13(11-3-4-11)9-12(10-15)5-1-2-6-12/h11,14-15H,1-10H2. The first kappa shape index (κ1) is 11.4. The summed E-state index contributed by atoms with van der Waals surface area (Å²) in [5.41, 5.74) is 0.151. The Bertz CT molecular complexity index is 198. The molecule has 0 aromatic carbocycles. The Hall–Kier alpha value is -0.120. The van der Waals surface area contributed by atoms with Gasteiger partial charge in [0.05, 0.1) is 6.61 Å². The quantitative estimate of drug-likeness (QED) is 0.691. The van der Waals surface area contributed by atoms with Gasteiger partial charge < -0.3 is 10.2 Å². The average Bonchev–Trinajstić information content (AvgIpc) is 3.00. The van der Waals surface area contributed by atoms with Crippen LogP contribution in [-0.2, 0) is 0 Å². The first-order valence-corrected chi connectivity index (χ1v) is 6.25. The van der Waals surface area contributed by atoms with Crippen LogP contribution in [0.3, 0.4) is 0 Å². The molecular formula is C12H23NO2. The summed E-state index contributed by atoms with van der Waals surface area (Å²) in [4.78, 5) is 2.39. The second-order valence-corrected chi connectivity index (χ2v) is 5.29. The van der Waals surface area contributed by atoms with Crippen molar-refractivity contribution in [1.29, 1.82) is 0 Å². The van der Waals surface area contributed by atoms with E-state index in [4.69, 9.17) is 5.11 Å². The molecule has 2 N–H and O–H groups in total. The van der Waals surface area contributed by atoms with Gasteiger partial charge in [0.1, 0.15) is 0 Å². The smallest absolute Gasteiger partial charge is 0.0558 e. The number of nitrogens with zero attached hydrogens (tertiary/aromatic N) is 1. The lowest BCUT2D eigenvalue weighted by atomic mass is 9.86. The van der Waals surface area contributed by atoms with Crippen LogP contribution < -0.4 is 0 Å². The molecule has 88 valence electrons. The van der Waals surface area contributed by atoms with Crippen LogP contribution >= 0.6 is 0 Å². The van der Waals surface area contributed by atoms with Gasteiger partial charge in [0.25, 0.3) is 0 Å². The molecule has 0 radical (unpaired) electrons. The van der Waals surface area contributed by atoms with E-state index in [9.17, 15) is 5.11 Å². The van der Waals surface area contributed by atoms with Crippen molar-refractivity contribution in [3.8, 4) is 0 Å². The normalized spacial score (nSPS) is 25.0. The summed E-state index contributed by atoms with van der Waals surface area (Å²) in [7, 11) is 0. The zero-order valence-corrected chi connectivity index (χ0v) is 9.49. The van der Waals surface area contributed by atoms with Gasteiger partial charge in [0, 0.05) is 31.2 Å². The molecule has 3 heteroatoms. The monoisotopic (exact) mass is 213 g/mol. The third-order valence-corrected chi connectivity index (χ3v) is 3.99. The zero-order chi connectivity index (χ0) is 10.7. The van der Waals surface area contributed by atoms with Crippen LogP contribution in [0.4, 0.5) is 0 Å². The second kappa shape index (κ2) is 4.81. The summed E-state index contributed by atoms with van der Waals surface area (Å²) in [6, 6.07) is 0.696. The lowest BCUT2D eigenvalue weighted by Gasteiger charge is -2.33. The lowest BCUT2D eigenvalue weighted by Crippen LogP contribution is -2.41. The molecule has 2 fully saturated rings. The van der Waals surface area contributed by atoms with Crippen molar-refractivity contribution in [2.45, 2.75) is 44.6 Å². The van der Waals surface area contributed by atoms with E-state index < -0.39 is 0 Å². The van der Waals surface area contributed by atoms with E-state index in [1.54, 1.807) is 0 Å². The summed E-state index contributed by atoms with van der Waals surface area (Å²) >= 11 is 0. The van der Waals surface area contributed by atoms with Gasteiger partial charge >= 0.3 is 0 Å². The van der Waals surface area contributed by atoms with Crippen LogP contribution in [0, 0.1) is 5.41 Å². The Morgan fingerprint density at radius 2 is 1.80 bits per heavy atom. The third-order valence-electron chi connectivity index (χ3n) is 3.99. The summed E-state index contributed by atoms with van der Waals surface area (Å²) in [5, 5.41) is 18.6. The number of rotatable bonds is 6. The highest BCUT2D eigenvalue weighted by molar-refractivity contribution is 4.92. The number of hydrogen-bond acceptors (Lipinski definition) is 3. The van der Waals surface area contributed by atoms with Gasteiger partial charge in [-0.3, -0.25) is 4.90 Å². The van der Waals surface area contributed by atoms with E-state index in [2.05, 4.69) is 4.90 Å². The molecule has 0 bridgehead atoms. The highest BCUT2D eigenvalue weighted by Crippen LogP contribution is 2.40. The number of aliphatic hydroxyl groups is 2. The SMILES string of the molecule is OCCN(CC1(CO)CCCC1)C1CC1. The predicted octanol–water partition coefficient (Wildman–Crippen LogP) is 0.996. The van der Waals surface area contributed by atoms with E-state index >= 15 is 0 Å². The molecule has 2 saturated carbocycles. The molecule has 0 spiro atoms. The van der Waals surface area contributed by atoms with E-state index in [1.807, 2.05) is 0 Å². The third kappa shape index (κ3) is 2.71. The average molecular weight is 213 g/mol. The summed E-state index contributed by atoms with van der Waals surface area (Å²) in [5.74, 6) is 0. The van der Waals surface area contributed by atoms with Gasteiger partial charge in [-0.05, 0) is 25.7 Å². The molecule has 15 heavy (non-hydrogen) atoms. The van der Waals surface area contributed by atoms with Gasteiger partial charge in [-0.1, -0.05) is 12.8 Å². The van der Waals surface area contributed by atoms with Crippen molar-refractivity contribution in [3.63, 3.8) is 0 Å². The highest BCUT2D eigenvalue weighted by Gasteiger charge is 2.38. The predicted molar refractivity (Wildman–Crippen MR) is 59.7 cm³/mol.